The van der Waals surface area contributed by atoms with Crippen LogP contribution in [0, 0.1) is 11.3 Å². The zero-order valence-electron chi connectivity index (χ0n) is 10.9. The molecule has 0 heterocycles. The molecule has 0 bridgehead atoms. The van der Waals surface area contributed by atoms with Gasteiger partial charge in [-0.2, -0.15) is 0 Å². The van der Waals surface area contributed by atoms with Crippen molar-refractivity contribution in [1.29, 1.82) is 0 Å². The number of carboxylic acids is 1. The maximum Gasteiger partial charge on any atom is 0.341 e. The van der Waals surface area contributed by atoms with E-state index < -0.39 is 5.97 Å². The minimum absolute atomic E-state index is 0.263. The first-order valence-electron chi connectivity index (χ1n) is 6.16. The quantitative estimate of drug-likeness (QED) is 0.771. The number of rotatable bonds is 6. The summed E-state index contributed by atoms with van der Waals surface area (Å²) in [6.45, 7) is 6.51. The smallest absolute Gasteiger partial charge is 0.341 e. The first kappa shape index (κ1) is 13.8. The van der Waals surface area contributed by atoms with Gasteiger partial charge in [-0.05, 0) is 36.3 Å². The molecule has 3 heteroatoms. The average molecular weight is 238 g/mol. The second-order valence-electron chi connectivity index (χ2n) is 5.37. The highest BCUT2D eigenvalue weighted by atomic mass is 16.5. The van der Waals surface area contributed by atoms with Crippen molar-refractivity contribution < 1.29 is 14.6 Å². The summed E-state index contributed by atoms with van der Waals surface area (Å²) in [5.41, 5.74) is 0.363. The minimum Gasteiger partial charge on any atom is -0.482 e. The van der Waals surface area contributed by atoms with Gasteiger partial charge in [0.2, 0.25) is 0 Å². The molecule has 1 rings (SSSR count). The summed E-state index contributed by atoms with van der Waals surface area (Å²) in [4.78, 5) is 10.4. The van der Waals surface area contributed by atoms with Crippen molar-refractivity contribution in [3.63, 3.8) is 0 Å². The molecule has 1 aliphatic carbocycles. The maximum atomic E-state index is 10.4. The molecule has 1 aliphatic rings. The Kier molecular flexibility index (Phi) is 4.79. The predicted octanol–water partition coefficient (Wildman–Crippen LogP) is 3.37. The third kappa shape index (κ3) is 5.07. The molecule has 0 radical (unpaired) electrons. The van der Waals surface area contributed by atoms with Crippen LogP contribution in [0.1, 0.15) is 40.0 Å². The molecule has 0 aromatic rings. The Hall–Kier alpha value is -1.25. The van der Waals surface area contributed by atoms with Crippen molar-refractivity contribution in [3.8, 4) is 0 Å². The Labute approximate surface area is 103 Å². The highest BCUT2D eigenvalue weighted by Gasteiger charge is 2.21. The van der Waals surface area contributed by atoms with E-state index >= 15 is 0 Å². The van der Waals surface area contributed by atoms with Crippen LogP contribution >= 0.6 is 0 Å². The lowest BCUT2D eigenvalue weighted by Crippen LogP contribution is -2.16. The second-order valence-corrected chi connectivity index (χ2v) is 5.37. The molecule has 0 aromatic heterocycles. The molecule has 0 aromatic carbocycles. The summed E-state index contributed by atoms with van der Waals surface area (Å²) < 4.78 is 5.12. The van der Waals surface area contributed by atoms with Crippen LogP contribution in [0.2, 0.25) is 0 Å². The van der Waals surface area contributed by atoms with Gasteiger partial charge < -0.3 is 9.84 Å². The van der Waals surface area contributed by atoms with E-state index in [4.69, 9.17) is 9.84 Å². The Morgan fingerprint density at radius 3 is 2.76 bits per heavy atom. The summed E-state index contributed by atoms with van der Waals surface area (Å²) in [5.74, 6) is 0.286. The van der Waals surface area contributed by atoms with Gasteiger partial charge in [0.05, 0.1) is 0 Å². The van der Waals surface area contributed by atoms with Crippen LogP contribution < -0.4 is 0 Å². The van der Waals surface area contributed by atoms with E-state index in [2.05, 4.69) is 26.8 Å². The van der Waals surface area contributed by atoms with Crippen LogP contribution in [0.15, 0.2) is 24.0 Å². The van der Waals surface area contributed by atoms with E-state index in [-0.39, 0.29) is 6.61 Å². The lowest BCUT2D eigenvalue weighted by molar-refractivity contribution is -0.140. The van der Waals surface area contributed by atoms with Gasteiger partial charge in [-0.3, -0.25) is 0 Å². The van der Waals surface area contributed by atoms with E-state index in [1.165, 1.54) is 6.42 Å². The molecule has 0 unspecified atom stereocenters. The van der Waals surface area contributed by atoms with Gasteiger partial charge in [-0.15, -0.1) is 0 Å². The third-order valence-electron chi connectivity index (χ3n) is 3.29. The van der Waals surface area contributed by atoms with Gasteiger partial charge in [0.15, 0.2) is 6.61 Å². The lowest BCUT2D eigenvalue weighted by atomic mass is 9.78. The molecule has 0 saturated heterocycles. The van der Waals surface area contributed by atoms with Crippen LogP contribution in [0.25, 0.3) is 0 Å². The van der Waals surface area contributed by atoms with Crippen LogP contribution in [-0.2, 0) is 9.53 Å². The Bertz CT molecular complexity index is 326. The largest absolute Gasteiger partial charge is 0.482 e. The molecular formula is C14H22O3. The minimum atomic E-state index is -0.937. The first-order chi connectivity index (χ1) is 7.93. The Morgan fingerprint density at radius 1 is 1.59 bits per heavy atom. The van der Waals surface area contributed by atoms with Crippen molar-refractivity contribution >= 4 is 5.97 Å². The molecule has 17 heavy (non-hydrogen) atoms. The van der Waals surface area contributed by atoms with Crippen molar-refractivity contribution in [2.45, 2.75) is 40.0 Å². The molecule has 1 N–H and O–H groups in total. The van der Waals surface area contributed by atoms with E-state index in [1.807, 2.05) is 12.2 Å². The molecule has 1 atom stereocenters. The van der Waals surface area contributed by atoms with Gasteiger partial charge in [0.1, 0.15) is 5.76 Å². The predicted molar refractivity (Wildman–Crippen MR) is 67.6 cm³/mol. The van der Waals surface area contributed by atoms with E-state index in [0.717, 1.165) is 12.8 Å². The SMILES string of the molecule is CCC(C)(C)C[C@H]1C=CC(OCC(=O)O)=CC1. The first-order valence-corrected chi connectivity index (χ1v) is 6.16. The molecule has 0 aliphatic heterocycles. The van der Waals surface area contributed by atoms with E-state index in [0.29, 0.717) is 17.1 Å². The van der Waals surface area contributed by atoms with Crippen LogP contribution in [0.4, 0.5) is 0 Å². The molecular weight excluding hydrogens is 216 g/mol. The molecule has 3 nitrogen and oxygen atoms in total. The molecule has 0 fully saturated rings. The van der Waals surface area contributed by atoms with Crippen molar-refractivity contribution in [2.75, 3.05) is 6.61 Å². The standard InChI is InChI=1S/C14H22O3/c1-4-14(2,3)9-11-5-7-12(8-6-11)17-10-13(15)16/h5,7-8,11H,4,6,9-10H2,1-3H3,(H,15,16)/t11-/m0/s1. The molecule has 0 amide bonds. The monoisotopic (exact) mass is 238 g/mol. The normalized spacial score (nSPS) is 19.9. The summed E-state index contributed by atoms with van der Waals surface area (Å²) in [6.07, 6.45) is 9.28. The number of ether oxygens (including phenoxy) is 1. The van der Waals surface area contributed by atoms with Crippen molar-refractivity contribution in [1.82, 2.24) is 0 Å². The zero-order valence-corrected chi connectivity index (χ0v) is 10.9. The third-order valence-corrected chi connectivity index (χ3v) is 3.29. The van der Waals surface area contributed by atoms with Crippen molar-refractivity contribution in [3.05, 3.63) is 24.0 Å². The number of hydrogen-bond donors (Lipinski definition) is 1. The topological polar surface area (TPSA) is 46.5 Å². The fourth-order valence-electron chi connectivity index (χ4n) is 1.90. The molecule has 0 saturated carbocycles. The van der Waals surface area contributed by atoms with Crippen LogP contribution in [-0.4, -0.2) is 17.7 Å². The number of allylic oxidation sites excluding steroid dienone is 3. The lowest BCUT2D eigenvalue weighted by Gasteiger charge is -2.27. The summed E-state index contributed by atoms with van der Waals surface area (Å²) in [6, 6.07) is 0. The highest BCUT2D eigenvalue weighted by molar-refractivity contribution is 5.68. The van der Waals surface area contributed by atoms with Gasteiger partial charge in [0, 0.05) is 0 Å². The van der Waals surface area contributed by atoms with Crippen LogP contribution in [0.5, 0.6) is 0 Å². The Morgan fingerprint density at radius 2 is 2.29 bits per heavy atom. The maximum absolute atomic E-state index is 10.4. The number of aliphatic carboxylic acids is 1. The number of carbonyl (C=O) groups is 1. The van der Waals surface area contributed by atoms with Gasteiger partial charge in [0.25, 0.3) is 0 Å². The zero-order chi connectivity index (χ0) is 12.9. The summed E-state index contributed by atoms with van der Waals surface area (Å²) in [7, 11) is 0. The van der Waals surface area contributed by atoms with E-state index in [1.54, 1.807) is 0 Å². The molecule has 0 spiro atoms. The second kappa shape index (κ2) is 5.89. The summed E-state index contributed by atoms with van der Waals surface area (Å²) >= 11 is 0. The molecule has 96 valence electrons. The van der Waals surface area contributed by atoms with Crippen molar-refractivity contribution in [2.24, 2.45) is 11.3 Å². The van der Waals surface area contributed by atoms with Gasteiger partial charge in [-0.1, -0.05) is 33.3 Å². The van der Waals surface area contributed by atoms with E-state index in [9.17, 15) is 4.79 Å². The van der Waals surface area contributed by atoms with Crippen LogP contribution in [0.3, 0.4) is 0 Å². The summed E-state index contributed by atoms with van der Waals surface area (Å²) in [5, 5.41) is 8.50. The number of hydrogen-bond acceptors (Lipinski definition) is 2. The fourth-order valence-corrected chi connectivity index (χ4v) is 1.90. The average Bonchev–Trinajstić information content (AvgIpc) is 2.28. The van der Waals surface area contributed by atoms with Gasteiger partial charge >= 0.3 is 5.97 Å². The Balaban J connectivity index is 2.40. The van der Waals surface area contributed by atoms with Gasteiger partial charge in [-0.25, -0.2) is 4.79 Å². The number of carboxylic acid groups (broad SMARTS) is 1. The fraction of sp³-hybridized carbons (Fsp3) is 0.643. The highest BCUT2D eigenvalue weighted by Crippen LogP contribution is 2.33.